The number of carbonyl (C=O) groups is 1. The standard InChI is InChI=1S/C11H19N3O/c1-3-6-14-10(15)13-9(12)11(14,2)7-8-4-5-8/h8H,3-7H2,1-2H3,(H2,12,13,15). The molecule has 2 N–H and O–H groups in total. The van der Waals surface area contributed by atoms with Crippen molar-refractivity contribution in [3.05, 3.63) is 0 Å². The van der Waals surface area contributed by atoms with E-state index < -0.39 is 0 Å². The maximum absolute atomic E-state index is 11.7. The van der Waals surface area contributed by atoms with Crippen molar-refractivity contribution in [2.24, 2.45) is 16.6 Å². The summed E-state index contributed by atoms with van der Waals surface area (Å²) in [6.45, 7) is 4.87. The molecule has 1 atom stereocenters. The van der Waals surface area contributed by atoms with Crippen molar-refractivity contribution < 1.29 is 4.79 Å². The number of aliphatic imine (C=N–C) groups is 1. The zero-order valence-corrected chi connectivity index (χ0v) is 9.49. The van der Waals surface area contributed by atoms with E-state index >= 15 is 0 Å². The van der Waals surface area contributed by atoms with E-state index in [1.807, 2.05) is 11.8 Å². The van der Waals surface area contributed by atoms with Gasteiger partial charge in [0.25, 0.3) is 0 Å². The summed E-state index contributed by atoms with van der Waals surface area (Å²) in [6, 6.07) is -0.155. The van der Waals surface area contributed by atoms with Crippen LogP contribution >= 0.6 is 0 Å². The Morgan fingerprint density at radius 2 is 2.27 bits per heavy atom. The molecular weight excluding hydrogens is 190 g/mol. The fraction of sp³-hybridized carbons (Fsp3) is 0.818. The van der Waals surface area contributed by atoms with E-state index in [1.54, 1.807) is 0 Å². The average molecular weight is 209 g/mol. The molecule has 2 amide bonds. The second kappa shape index (κ2) is 3.51. The molecule has 4 nitrogen and oxygen atoms in total. The number of rotatable bonds is 4. The molecule has 15 heavy (non-hydrogen) atoms. The monoisotopic (exact) mass is 209 g/mol. The van der Waals surface area contributed by atoms with Crippen LogP contribution < -0.4 is 5.73 Å². The maximum Gasteiger partial charge on any atom is 0.346 e. The molecule has 1 unspecified atom stereocenters. The Kier molecular flexibility index (Phi) is 2.44. The largest absolute Gasteiger partial charge is 0.385 e. The van der Waals surface area contributed by atoms with Gasteiger partial charge in [0.1, 0.15) is 5.84 Å². The van der Waals surface area contributed by atoms with Gasteiger partial charge < -0.3 is 10.6 Å². The van der Waals surface area contributed by atoms with Crippen molar-refractivity contribution in [1.82, 2.24) is 4.90 Å². The van der Waals surface area contributed by atoms with Crippen LogP contribution in [0.15, 0.2) is 4.99 Å². The fourth-order valence-electron chi connectivity index (χ4n) is 2.30. The van der Waals surface area contributed by atoms with Crippen molar-refractivity contribution in [2.45, 2.75) is 45.1 Å². The number of amides is 2. The van der Waals surface area contributed by atoms with Crippen LogP contribution in [0.1, 0.15) is 39.5 Å². The molecular formula is C11H19N3O. The zero-order valence-electron chi connectivity index (χ0n) is 9.49. The van der Waals surface area contributed by atoms with Gasteiger partial charge in [0, 0.05) is 6.54 Å². The summed E-state index contributed by atoms with van der Waals surface area (Å²) in [4.78, 5) is 17.4. The first kappa shape index (κ1) is 10.5. The molecule has 0 aromatic rings. The molecule has 2 rings (SSSR count). The number of nitrogens with zero attached hydrogens (tertiary/aromatic N) is 2. The van der Waals surface area contributed by atoms with Gasteiger partial charge in [-0.15, -0.1) is 0 Å². The highest BCUT2D eigenvalue weighted by atomic mass is 16.2. The summed E-state index contributed by atoms with van der Waals surface area (Å²) in [5, 5.41) is 0. The molecule has 4 heteroatoms. The Hall–Kier alpha value is -1.06. The summed E-state index contributed by atoms with van der Waals surface area (Å²) >= 11 is 0. The van der Waals surface area contributed by atoms with Gasteiger partial charge in [-0.1, -0.05) is 19.8 Å². The van der Waals surface area contributed by atoms with Crippen LogP contribution in [0.5, 0.6) is 0 Å². The minimum atomic E-state index is -0.311. The van der Waals surface area contributed by atoms with E-state index in [4.69, 9.17) is 5.73 Å². The highest BCUT2D eigenvalue weighted by Crippen LogP contribution is 2.40. The normalized spacial score (nSPS) is 30.9. The highest BCUT2D eigenvalue weighted by molar-refractivity contribution is 6.05. The minimum absolute atomic E-state index is 0.155. The van der Waals surface area contributed by atoms with E-state index in [0.717, 1.165) is 25.3 Å². The van der Waals surface area contributed by atoms with E-state index in [2.05, 4.69) is 11.9 Å². The highest BCUT2D eigenvalue weighted by Gasteiger charge is 2.46. The molecule has 0 bridgehead atoms. The van der Waals surface area contributed by atoms with E-state index in [9.17, 15) is 4.79 Å². The molecule has 1 fully saturated rings. The van der Waals surface area contributed by atoms with Crippen LogP contribution in [0.4, 0.5) is 4.79 Å². The Bertz CT molecular complexity index is 309. The van der Waals surface area contributed by atoms with E-state index in [0.29, 0.717) is 5.84 Å². The maximum atomic E-state index is 11.7. The van der Waals surface area contributed by atoms with Crippen LogP contribution in [0, 0.1) is 5.92 Å². The van der Waals surface area contributed by atoms with Crippen molar-refractivity contribution in [2.75, 3.05) is 6.54 Å². The first-order valence-electron chi connectivity index (χ1n) is 5.74. The summed E-state index contributed by atoms with van der Waals surface area (Å²) in [5.41, 5.74) is 5.58. The summed E-state index contributed by atoms with van der Waals surface area (Å²) in [7, 11) is 0. The second-order valence-electron chi connectivity index (χ2n) is 4.85. The SMILES string of the molecule is CCCN1C(=O)N=C(N)C1(C)CC1CC1. The van der Waals surface area contributed by atoms with Crippen molar-refractivity contribution >= 4 is 11.9 Å². The lowest BCUT2D eigenvalue weighted by Gasteiger charge is -2.34. The van der Waals surface area contributed by atoms with Gasteiger partial charge in [-0.25, -0.2) is 4.79 Å². The third kappa shape index (κ3) is 1.73. The van der Waals surface area contributed by atoms with Crippen molar-refractivity contribution in [1.29, 1.82) is 0 Å². The van der Waals surface area contributed by atoms with E-state index in [1.165, 1.54) is 12.8 Å². The van der Waals surface area contributed by atoms with Crippen LogP contribution in [0.25, 0.3) is 0 Å². The molecule has 1 aliphatic carbocycles. The molecule has 0 aromatic heterocycles. The van der Waals surface area contributed by atoms with E-state index in [-0.39, 0.29) is 11.6 Å². The Balaban J connectivity index is 2.16. The molecule has 0 aromatic carbocycles. The van der Waals surface area contributed by atoms with Crippen molar-refractivity contribution in [3.8, 4) is 0 Å². The Morgan fingerprint density at radius 1 is 1.60 bits per heavy atom. The molecule has 1 saturated carbocycles. The fourth-order valence-corrected chi connectivity index (χ4v) is 2.30. The zero-order chi connectivity index (χ0) is 11.1. The lowest BCUT2D eigenvalue weighted by molar-refractivity contribution is 0.170. The van der Waals surface area contributed by atoms with Gasteiger partial charge in [-0.2, -0.15) is 4.99 Å². The van der Waals surface area contributed by atoms with Gasteiger partial charge >= 0.3 is 6.03 Å². The van der Waals surface area contributed by atoms with Crippen LogP contribution in [-0.2, 0) is 0 Å². The molecule has 0 spiro atoms. The Labute approximate surface area is 90.5 Å². The molecule has 1 aliphatic heterocycles. The number of urea groups is 1. The predicted octanol–water partition coefficient (Wildman–Crippen LogP) is 1.75. The second-order valence-corrected chi connectivity index (χ2v) is 4.85. The molecule has 0 saturated heterocycles. The van der Waals surface area contributed by atoms with Crippen molar-refractivity contribution in [3.63, 3.8) is 0 Å². The van der Waals surface area contributed by atoms with Crippen LogP contribution in [0.3, 0.4) is 0 Å². The topological polar surface area (TPSA) is 58.7 Å². The average Bonchev–Trinajstić information content (AvgIpc) is 2.93. The number of amidine groups is 1. The van der Waals surface area contributed by atoms with Gasteiger partial charge in [0.2, 0.25) is 0 Å². The Morgan fingerprint density at radius 3 is 2.80 bits per heavy atom. The first-order chi connectivity index (χ1) is 7.08. The lowest BCUT2D eigenvalue weighted by Crippen LogP contribution is -2.52. The first-order valence-corrected chi connectivity index (χ1v) is 5.74. The summed E-state index contributed by atoms with van der Waals surface area (Å²) in [6.07, 6.45) is 4.48. The number of nitrogens with two attached hydrogens (primary N) is 1. The van der Waals surface area contributed by atoms with Gasteiger partial charge in [0.15, 0.2) is 0 Å². The summed E-state index contributed by atoms with van der Waals surface area (Å²) in [5.74, 6) is 1.25. The molecule has 2 aliphatic rings. The summed E-state index contributed by atoms with van der Waals surface area (Å²) < 4.78 is 0. The number of hydrogen-bond donors (Lipinski definition) is 1. The lowest BCUT2D eigenvalue weighted by atomic mass is 9.92. The number of hydrogen-bond acceptors (Lipinski definition) is 2. The van der Waals surface area contributed by atoms with Gasteiger partial charge in [-0.05, 0) is 25.7 Å². The predicted molar refractivity (Wildman–Crippen MR) is 59.8 cm³/mol. The number of carbonyl (C=O) groups excluding carboxylic acids is 1. The third-order valence-corrected chi connectivity index (χ3v) is 3.42. The van der Waals surface area contributed by atoms with Crippen LogP contribution in [-0.4, -0.2) is 28.9 Å². The molecule has 84 valence electrons. The van der Waals surface area contributed by atoms with Crippen LogP contribution in [0.2, 0.25) is 0 Å². The molecule has 0 radical (unpaired) electrons. The molecule has 1 heterocycles. The quantitative estimate of drug-likeness (QED) is 0.766. The smallest absolute Gasteiger partial charge is 0.346 e. The third-order valence-electron chi connectivity index (χ3n) is 3.42. The van der Waals surface area contributed by atoms with Gasteiger partial charge in [-0.3, -0.25) is 0 Å². The minimum Gasteiger partial charge on any atom is -0.385 e. The van der Waals surface area contributed by atoms with Gasteiger partial charge in [0.05, 0.1) is 5.54 Å².